The van der Waals surface area contributed by atoms with E-state index in [0.29, 0.717) is 24.0 Å². The average Bonchev–Trinajstić information content (AvgIpc) is 2.68. The summed E-state index contributed by atoms with van der Waals surface area (Å²) in [5, 5.41) is 2.95. The van der Waals surface area contributed by atoms with Gasteiger partial charge in [-0.1, -0.05) is 64.6 Å². The number of hydrogen-bond acceptors (Lipinski definition) is 2. The number of benzene rings is 1. The monoisotopic (exact) mass is 409 g/mol. The molecule has 0 atom stereocenters. The number of carbonyl (C=O) groups is 1. The lowest BCUT2D eigenvalue weighted by molar-refractivity contribution is -0.114. The van der Waals surface area contributed by atoms with E-state index in [0.717, 1.165) is 23.1 Å². The lowest BCUT2D eigenvalue weighted by atomic mass is 9.97. The Kier molecular flexibility index (Phi) is 13.0. The fraction of sp³-hybridized carbons (Fsp3) is 0.423. The number of rotatable bonds is 8. The molecule has 0 bridgehead atoms. The number of hydrogen-bond donors (Lipinski definition) is 1. The summed E-state index contributed by atoms with van der Waals surface area (Å²) in [5.74, 6) is 0.842. The Labute approximate surface area is 183 Å². The highest BCUT2D eigenvalue weighted by Gasteiger charge is 2.11. The lowest BCUT2D eigenvalue weighted by Gasteiger charge is -2.12. The number of nitrogens with one attached hydrogen (secondary N) is 1. The maximum Gasteiger partial charge on any atom is 0.270 e. The van der Waals surface area contributed by atoms with Crippen molar-refractivity contribution in [2.45, 2.75) is 68.4 Å². The normalized spacial score (nSPS) is 12.2. The van der Waals surface area contributed by atoms with Gasteiger partial charge in [-0.2, -0.15) is 0 Å². The van der Waals surface area contributed by atoms with Crippen molar-refractivity contribution in [2.24, 2.45) is 15.9 Å². The summed E-state index contributed by atoms with van der Waals surface area (Å²) in [6, 6.07) is 6.35. The van der Waals surface area contributed by atoms with Crippen LogP contribution in [-0.2, 0) is 17.8 Å². The van der Waals surface area contributed by atoms with Crippen LogP contribution < -0.4 is 5.32 Å². The van der Waals surface area contributed by atoms with E-state index in [1.54, 1.807) is 13.0 Å². The van der Waals surface area contributed by atoms with E-state index < -0.39 is 0 Å². The minimum atomic E-state index is -0.247. The molecule has 0 aliphatic rings. The van der Waals surface area contributed by atoms with Crippen molar-refractivity contribution in [3.63, 3.8) is 0 Å². The largest absolute Gasteiger partial charge is 0.347 e. The molecule has 0 saturated heterocycles. The van der Waals surface area contributed by atoms with Crippen molar-refractivity contribution in [3.8, 4) is 0 Å². The van der Waals surface area contributed by atoms with E-state index in [1.807, 2.05) is 27.7 Å². The van der Waals surface area contributed by atoms with Crippen LogP contribution in [0.3, 0.4) is 0 Å². The summed E-state index contributed by atoms with van der Waals surface area (Å²) >= 11 is 0. The molecule has 0 aliphatic heterocycles. The van der Waals surface area contributed by atoms with Gasteiger partial charge in [0.05, 0.1) is 0 Å². The summed E-state index contributed by atoms with van der Waals surface area (Å²) in [5.41, 5.74) is 5.75. The van der Waals surface area contributed by atoms with Gasteiger partial charge in [0.15, 0.2) is 0 Å². The van der Waals surface area contributed by atoms with Gasteiger partial charge in [-0.05, 0) is 68.4 Å². The van der Waals surface area contributed by atoms with Crippen LogP contribution in [0.2, 0.25) is 0 Å². The van der Waals surface area contributed by atoms with E-state index >= 15 is 0 Å². The van der Waals surface area contributed by atoms with E-state index in [4.69, 9.17) is 0 Å². The van der Waals surface area contributed by atoms with Crippen molar-refractivity contribution < 1.29 is 4.79 Å². The Bertz CT molecular complexity index is 827. The first-order valence-corrected chi connectivity index (χ1v) is 10.6. The molecule has 0 fully saturated rings. The van der Waals surface area contributed by atoms with Gasteiger partial charge in [-0.25, -0.2) is 9.98 Å². The van der Waals surface area contributed by atoms with Crippen LogP contribution in [0.25, 0.3) is 0 Å². The van der Waals surface area contributed by atoms with Gasteiger partial charge in [0.25, 0.3) is 5.91 Å². The SMILES string of the molecule is C=CN=C(C)N=C(/C=C(\C)C(=C)C)C(=O)NCc1ccc(CC(C)C)c(C)c1.CC. The molecular formula is C26H39N3O. The van der Waals surface area contributed by atoms with Gasteiger partial charge in [-0.15, -0.1) is 0 Å². The first-order chi connectivity index (χ1) is 14.1. The third-order valence-corrected chi connectivity index (χ3v) is 4.31. The van der Waals surface area contributed by atoms with Crippen molar-refractivity contribution >= 4 is 17.5 Å². The van der Waals surface area contributed by atoms with Crippen molar-refractivity contribution in [1.82, 2.24) is 5.32 Å². The number of amides is 1. The number of carbonyl (C=O) groups excluding carboxylic acids is 1. The highest BCUT2D eigenvalue weighted by atomic mass is 16.1. The molecule has 0 aromatic heterocycles. The molecular weight excluding hydrogens is 370 g/mol. The number of amidine groups is 1. The minimum Gasteiger partial charge on any atom is -0.347 e. The predicted molar refractivity (Wildman–Crippen MR) is 132 cm³/mol. The fourth-order valence-electron chi connectivity index (χ4n) is 2.62. The molecule has 0 radical (unpaired) electrons. The smallest absolute Gasteiger partial charge is 0.270 e. The molecule has 1 amide bonds. The lowest BCUT2D eigenvalue weighted by Crippen LogP contribution is -2.30. The van der Waals surface area contributed by atoms with Crippen molar-refractivity contribution in [1.29, 1.82) is 0 Å². The first-order valence-electron chi connectivity index (χ1n) is 10.6. The summed E-state index contributed by atoms with van der Waals surface area (Å²) in [7, 11) is 0. The van der Waals surface area contributed by atoms with Gasteiger partial charge in [0.1, 0.15) is 11.5 Å². The topological polar surface area (TPSA) is 53.8 Å². The van der Waals surface area contributed by atoms with Crippen LogP contribution in [0, 0.1) is 12.8 Å². The van der Waals surface area contributed by atoms with Crippen LogP contribution in [0.1, 0.15) is 65.2 Å². The fourth-order valence-corrected chi connectivity index (χ4v) is 2.62. The third kappa shape index (κ3) is 10.1. The van der Waals surface area contributed by atoms with Gasteiger partial charge < -0.3 is 5.32 Å². The molecule has 0 heterocycles. The summed E-state index contributed by atoms with van der Waals surface area (Å²) < 4.78 is 0. The van der Waals surface area contributed by atoms with Gasteiger partial charge >= 0.3 is 0 Å². The second kappa shape index (κ2) is 14.3. The Hall–Kier alpha value is -2.75. The van der Waals surface area contributed by atoms with Gasteiger partial charge in [0.2, 0.25) is 0 Å². The van der Waals surface area contributed by atoms with Crippen molar-refractivity contribution in [3.05, 3.63) is 71.5 Å². The first kappa shape index (κ1) is 27.2. The number of aliphatic imine (C=N–C) groups is 2. The second-order valence-corrected chi connectivity index (χ2v) is 7.51. The van der Waals surface area contributed by atoms with E-state index in [-0.39, 0.29) is 5.91 Å². The molecule has 1 aromatic carbocycles. The molecule has 4 heteroatoms. The van der Waals surface area contributed by atoms with E-state index in [1.165, 1.54) is 17.3 Å². The Morgan fingerprint density at radius 3 is 2.33 bits per heavy atom. The van der Waals surface area contributed by atoms with E-state index in [9.17, 15) is 4.79 Å². The molecule has 1 N–H and O–H groups in total. The Morgan fingerprint density at radius 1 is 1.20 bits per heavy atom. The number of allylic oxidation sites excluding steroid dienone is 2. The van der Waals surface area contributed by atoms with Crippen LogP contribution in [-0.4, -0.2) is 17.5 Å². The average molecular weight is 410 g/mol. The maximum atomic E-state index is 12.7. The molecule has 0 unspecified atom stereocenters. The molecule has 164 valence electrons. The van der Waals surface area contributed by atoms with Crippen LogP contribution in [0.15, 0.2) is 64.8 Å². The minimum absolute atomic E-state index is 0.247. The highest BCUT2D eigenvalue weighted by molar-refractivity contribution is 6.45. The van der Waals surface area contributed by atoms with Crippen LogP contribution in [0.5, 0.6) is 0 Å². The van der Waals surface area contributed by atoms with Crippen LogP contribution >= 0.6 is 0 Å². The third-order valence-electron chi connectivity index (χ3n) is 4.31. The Morgan fingerprint density at radius 2 is 1.83 bits per heavy atom. The van der Waals surface area contributed by atoms with Crippen LogP contribution in [0.4, 0.5) is 0 Å². The zero-order valence-electron chi connectivity index (χ0n) is 20.1. The molecule has 1 rings (SSSR count). The summed E-state index contributed by atoms with van der Waals surface area (Å²) in [6.45, 7) is 24.0. The number of aryl methyl sites for hydroxylation is 1. The predicted octanol–water partition coefficient (Wildman–Crippen LogP) is 6.36. The highest BCUT2D eigenvalue weighted by Crippen LogP contribution is 2.15. The quantitative estimate of drug-likeness (QED) is 0.303. The Balaban J connectivity index is 0.00000407. The molecule has 30 heavy (non-hydrogen) atoms. The molecule has 4 nitrogen and oxygen atoms in total. The van der Waals surface area contributed by atoms with E-state index in [2.05, 4.69) is 67.4 Å². The molecule has 0 saturated carbocycles. The zero-order valence-corrected chi connectivity index (χ0v) is 20.1. The zero-order chi connectivity index (χ0) is 23.3. The van der Waals surface area contributed by atoms with Gasteiger partial charge in [0, 0.05) is 12.7 Å². The summed E-state index contributed by atoms with van der Waals surface area (Å²) in [4.78, 5) is 21.1. The maximum absolute atomic E-state index is 12.7. The molecule has 0 spiro atoms. The summed E-state index contributed by atoms with van der Waals surface area (Å²) in [6.07, 6.45) is 4.20. The second-order valence-electron chi connectivity index (χ2n) is 7.51. The number of nitrogens with zero attached hydrogens (tertiary/aromatic N) is 2. The molecule has 0 aliphatic carbocycles. The van der Waals surface area contributed by atoms with Gasteiger partial charge in [-0.3, -0.25) is 4.79 Å². The van der Waals surface area contributed by atoms with Crippen molar-refractivity contribution in [2.75, 3.05) is 0 Å². The standard InChI is InChI=1S/C24H33N3O.C2H6/c1-9-25-20(8)27-23(14-18(6)17(4)5)24(28)26-15-21-10-11-22(12-16(2)3)19(7)13-21;1-2/h9-11,13-14,16H,1,4,12,15H2,2-3,5-8H3,(H,26,28);1-2H3/b18-14+,25-20?,27-23?;. The molecule has 1 aromatic rings.